The molecule has 0 unspecified atom stereocenters. The molecule has 0 saturated carbocycles. The highest BCUT2D eigenvalue weighted by molar-refractivity contribution is 7.99. The topological polar surface area (TPSA) is 36.0 Å². The zero-order chi connectivity index (χ0) is 21.4. The summed E-state index contributed by atoms with van der Waals surface area (Å²) < 4.78 is 5.51. The van der Waals surface area contributed by atoms with Crippen molar-refractivity contribution in [2.75, 3.05) is 43.1 Å². The van der Waals surface area contributed by atoms with Crippen molar-refractivity contribution in [1.29, 1.82) is 0 Å². The van der Waals surface area contributed by atoms with Crippen LogP contribution in [0, 0.1) is 0 Å². The summed E-state index contributed by atoms with van der Waals surface area (Å²) in [6.07, 6.45) is 0. The molecule has 7 heteroatoms. The Morgan fingerprint density at radius 3 is 2.32 bits per heavy atom. The number of piperazine rings is 1. The Hall–Kier alpha value is -2.83. The first-order chi connectivity index (χ1) is 15.2. The summed E-state index contributed by atoms with van der Waals surface area (Å²) in [6.45, 7) is 2.77. The number of hydrogen-bond acceptors (Lipinski definition) is 4. The average molecular weight is 452 g/mol. The molecule has 0 bridgehead atoms. The van der Waals surface area contributed by atoms with Gasteiger partial charge in [-0.25, -0.2) is 4.79 Å². The molecule has 31 heavy (non-hydrogen) atoms. The number of carbonyl (C=O) groups is 1. The minimum Gasteiger partial charge on any atom is -0.495 e. The SMILES string of the molecule is COc1ccccc1N1CCN(C(=O)N2c3ccccc3Sc3ccc(Cl)cc32)CC1. The van der Waals surface area contributed by atoms with Crippen molar-refractivity contribution in [3.8, 4) is 5.75 Å². The Balaban J connectivity index is 1.41. The molecule has 0 atom stereocenters. The van der Waals surface area contributed by atoms with Gasteiger partial charge in [0.05, 0.1) is 24.2 Å². The smallest absolute Gasteiger partial charge is 0.329 e. The summed E-state index contributed by atoms with van der Waals surface area (Å²) in [5, 5.41) is 0.623. The van der Waals surface area contributed by atoms with Crippen LogP contribution in [-0.2, 0) is 0 Å². The second kappa shape index (κ2) is 8.36. The van der Waals surface area contributed by atoms with Crippen LogP contribution in [0.2, 0.25) is 5.02 Å². The van der Waals surface area contributed by atoms with Gasteiger partial charge in [-0.1, -0.05) is 47.6 Å². The number of fused-ring (bicyclic) bond motifs is 2. The van der Waals surface area contributed by atoms with Crippen molar-refractivity contribution in [3.63, 3.8) is 0 Å². The minimum atomic E-state index is -0.0176. The van der Waals surface area contributed by atoms with Gasteiger partial charge in [-0.2, -0.15) is 0 Å². The van der Waals surface area contributed by atoms with Gasteiger partial charge in [0.2, 0.25) is 0 Å². The van der Waals surface area contributed by atoms with Crippen molar-refractivity contribution in [1.82, 2.24) is 4.90 Å². The predicted octanol–water partition coefficient (Wildman–Crippen LogP) is 5.89. The van der Waals surface area contributed by atoms with Crippen LogP contribution in [0.4, 0.5) is 21.9 Å². The lowest BCUT2D eigenvalue weighted by Gasteiger charge is -2.40. The lowest BCUT2D eigenvalue weighted by Crippen LogP contribution is -2.52. The molecule has 158 valence electrons. The van der Waals surface area contributed by atoms with Crippen molar-refractivity contribution in [3.05, 3.63) is 71.8 Å². The molecule has 1 saturated heterocycles. The molecule has 0 spiro atoms. The van der Waals surface area contributed by atoms with Gasteiger partial charge in [0.15, 0.2) is 0 Å². The maximum Gasteiger partial charge on any atom is 0.329 e. The fourth-order valence-corrected chi connectivity index (χ4v) is 5.31. The Kier molecular flexibility index (Phi) is 5.42. The molecule has 3 aromatic carbocycles. The molecule has 1 fully saturated rings. The minimum absolute atomic E-state index is 0.0176. The first-order valence-electron chi connectivity index (χ1n) is 10.2. The van der Waals surface area contributed by atoms with Gasteiger partial charge in [0, 0.05) is 41.0 Å². The molecule has 0 N–H and O–H groups in total. The highest BCUT2D eigenvalue weighted by Gasteiger charge is 2.33. The number of anilines is 3. The summed E-state index contributed by atoms with van der Waals surface area (Å²) in [5.41, 5.74) is 2.81. The second-order valence-corrected chi connectivity index (χ2v) is 8.97. The molecular weight excluding hydrogens is 430 g/mol. The first kappa shape index (κ1) is 20.1. The van der Waals surface area contributed by atoms with Gasteiger partial charge < -0.3 is 14.5 Å². The number of halogens is 1. The number of rotatable bonds is 2. The Labute approximate surface area is 191 Å². The fraction of sp³-hybridized carbons (Fsp3) is 0.208. The van der Waals surface area contributed by atoms with Crippen molar-refractivity contribution >= 4 is 46.5 Å². The maximum atomic E-state index is 13.7. The molecule has 2 heterocycles. The summed E-state index contributed by atoms with van der Waals surface area (Å²) in [6, 6.07) is 21.7. The fourth-order valence-electron chi connectivity index (χ4n) is 4.11. The number of nitrogens with zero attached hydrogens (tertiary/aromatic N) is 3. The summed E-state index contributed by atoms with van der Waals surface area (Å²) in [5.74, 6) is 0.854. The highest BCUT2D eigenvalue weighted by atomic mass is 35.5. The molecule has 2 aliphatic rings. The van der Waals surface area contributed by atoms with Crippen LogP contribution < -0.4 is 14.5 Å². The predicted molar refractivity (Wildman–Crippen MR) is 126 cm³/mol. The van der Waals surface area contributed by atoms with Crippen LogP contribution >= 0.6 is 23.4 Å². The van der Waals surface area contributed by atoms with Gasteiger partial charge in [0.1, 0.15) is 5.75 Å². The van der Waals surface area contributed by atoms with E-state index in [1.54, 1.807) is 18.9 Å². The zero-order valence-electron chi connectivity index (χ0n) is 17.1. The molecule has 2 amide bonds. The summed E-state index contributed by atoms with van der Waals surface area (Å²) >= 11 is 7.96. The van der Waals surface area contributed by atoms with Crippen molar-refractivity contribution < 1.29 is 9.53 Å². The zero-order valence-corrected chi connectivity index (χ0v) is 18.7. The third-order valence-corrected chi connectivity index (χ3v) is 7.02. The van der Waals surface area contributed by atoms with E-state index in [-0.39, 0.29) is 6.03 Å². The van der Waals surface area contributed by atoms with E-state index >= 15 is 0 Å². The Bertz CT molecular complexity index is 1130. The van der Waals surface area contributed by atoms with Crippen LogP contribution in [-0.4, -0.2) is 44.2 Å². The van der Waals surface area contributed by atoms with Crippen LogP contribution in [0.15, 0.2) is 76.5 Å². The van der Waals surface area contributed by atoms with E-state index in [0.29, 0.717) is 18.1 Å². The largest absolute Gasteiger partial charge is 0.495 e. The van der Waals surface area contributed by atoms with Gasteiger partial charge >= 0.3 is 6.03 Å². The number of ether oxygens (including phenoxy) is 1. The third kappa shape index (κ3) is 3.70. The molecule has 0 radical (unpaired) electrons. The number of carbonyl (C=O) groups excluding carboxylic acids is 1. The van der Waals surface area contributed by atoms with E-state index in [2.05, 4.69) is 17.0 Å². The molecule has 5 rings (SSSR count). The number of amides is 2. The van der Waals surface area contributed by atoms with Gasteiger partial charge in [0.25, 0.3) is 0 Å². The third-order valence-electron chi connectivity index (χ3n) is 5.66. The normalized spacial score (nSPS) is 15.4. The number of para-hydroxylation sites is 3. The van der Waals surface area contributed by atoms with E-state index in [1.165, 1.54) is 0 Å². The number of urea groups is 1. The second-order valence-electron chi connectivity index (χ2n) is 7.45. The van der Waals surface area contributed by atoms with Crippen LogP contribution in [0.25, 0.3) is 0 Å². The van der Waals surface area contributed by atoms with Crippen molar-refractivity contribution in [2.45, 2.75) is 9.79 Å². The first-order valence-corrected chi connectivity index (χ1v) is 11.4. The van der Waals surface area contributed by atoms with Gasteiger partial charge in [-0.15, -0.1) is 0 Å². The molecule has 3 aromatic rings. The quantitative estimate of drug-likeness (QED) is 0.486. The molecule has 0 aliphatic carbocycles. The van der Waals surface area contributed by atoms with E-state index in [9.17, 15) is 4.79 Å². The molecule has 5 nitrogen and oxygen atoms in total. The van der Waals surface area contributed by atoms with E-state index in [0.717, 1.165) is 45.7 Å². The van der Waals surface area contributed by atoms with Crippen LogP contribution in [0.5, 0.6) is 5.75 Å². The van der Waals surface area contributed by atoms with Crippen LogP contribution in [0.1, 0.15) is 0 Å². The number of hydrogen-bond donors (Lipinski definition) is 0. The standard InChI is InChI=1S/C24H22ClN3O2S/c1-30-21-8-4-2-6-18(21)26-12-14-27(15-13-26)24(29)28-19-7-3-5-9-22(19)31-23-11-10-17(25)16-20(23)28/h2-11,16H,12-15H2,1H3. The average Bonchev–Trinajstić information content (AvgIpc) is 2.82. The maximum absolute atomic E-state index is 13.7. The van der Waals surface area contributed by atoms with Crippen LogP contribution in [0.3, 0.4) is 0 Å². The lowest BCUT2D eigenvalue weighted by molar-refractivity contribution is 0.203. The van der Waals surface area contributed by atoms with Gasteiger partial charge in [-0.3, -0.25) is 4.90 Å². The number of methoxy groups -OCH3 is 1. The monoisotopic (exact) mass is 451 g/mol. The number of benzene rings is 3. The van der Waals surface area contributed by atoms with E-state index in [1.807, 2.05) is 64.4 Å². The summed E-state index contributed by atoms with van der Waals surface area (Å²) in [7, 11) is 1.69. The highest BCUT2D eigenvalue weighted by Crippen LogP contribution is 2.49. The Morgan fingerprint density at radius 2 is 1.55 bits per heavy atom. The molecular formula is C24H22ClN3O2S. The Morgan fingerprint density at radius 1 is 0.871 bits per heavy atom. The van der Waals surface area contributed by atoms with Gasteiger partial charge in [-0.05, 0) is 42.5 Å². The molecule has 0 aromatic heterocycles. The lowest BCUT2D eigenvalue weighted by atomic mass is 10.2. The summed E-state index contributed by atoms with van der Waals surface area (Å²) in [4.78, 5) is 21.8. The molecule has 2 aliphatic heterocycles. The van der Waals surface area contributed by atoms with E-state index < -0.39 is 0 Å². The van der Waals surface area contributed by atoms with Crippen molar-refractivity contribution in [2.24, 2.45) is 0 Å². The van der Waals surface area contributed by atoms with E-state index in [4.69, 9.17) is 16.3 Å².